The minimum absolute atomic E-state index is 0.312. The molecule has 0 saturated heterocycles. The summed E-state index contributed by atoms with van der Waals surface area (Å²) in [5.74, 6) is -0.312. The third-order valence-corrected chi connectivity index (χ3v) is 3.62. The molecule has 1 aromatic heterocycles. The Labute approximate surface area is 98.2 Å². The highest BCUT2D eigenvalue weighted by Crippen LogP contribution is 2.30. The summed E-state index contributed by atoms with van der Waals surface area (Å²) in [6.45, 7) is 3.86. The van der Waals surface area contributed by atoms with Crippen LogP contribution in [0.3, 0.4) is 0 Å². The summed E-state index contributed by atoms with van der Waals surface area (Å²) in [5.41, 5.74) is 1.54. The first kappa shape index (κ1) is 11.3. The van der Waals surface area contributed by atoms with Gasteiger partial charge in [-0.2, -0.15) is 0 Å². The lowest BCUT2D eigenvalue weighted by Crippen LogP contribution is -2.00. The fourth-order valence-electron chi connectivity index (χ4n) is 1.66. The largest absolute Gasteiger partial charge is 0.383 e. The molecule has 84 valence electrons. The van der Waals surface area contributed by atoms with E-state index in [0.717, 1.165) is 15.3 Å². The minimum atomic E-state index is -0.727. The van der Waals surface area contributed by atoms with Crippen molar-refractivity contribution in [2.24, 2.45) is 0 Å². The molecule has 0 aliphatic rings. The number of thiophene rings is 1. The average molecular weight is 236 g/mol. The van der Waals surface area contributed by atoms with Crippen molar-refractivity contribution in [3.8, 4) is 0 Å². The lowest BCUT2D eigenvalue weighted by atomic mass is 10.0. The third-order valence-electron chi connectivity index (χ3n) is 2.57. The SMILES string of the molecule is Cc1ccc([C@H](O)c2cc(F)ccc2C)s1. The van der Waals surface area contributed by atoms with E-state index in [2.05, 4.69) is 0 Å². The van der Waals surface area contributed by atoms with Crippen LogP contribution in [0.2, 0.25) is 0 Å². The van der Waals surface area contributed by atoms with Gasteiger partial charge in [-0.25, -0.2) is 4.39 Å². The van der Waals surface area contributed by atoms with Gasteiger partial charge in [0.2, 0.25) is 0 Å². The van der Waals surface area contributed by atoms with Gasteiger partial charge in [0.25, 0.3) is 0 Å². The predicted molar refractivity (Wildman–Crippen MR) is 64.3 cm³/mol. The zero-order valence-corrected chi connectivity index (χ0v) is 10.0. The van der Waals surface area contributed by atoms with Crippen LogP contribution in [0.4, 0.5) is 4.39 Å². The molecule has 0 unspecified atom stereocenters. The number of benzene rings is 1. The maximum atomic E-state index is 13.1. The van der Waals surface area contributed by atoms with E-state index in [1.165, 1.54) is 23.5 Å². The maximum Gasteiger partial charge on any atom is 0.123 e. The van der Waals surface area contributed by atoms with E-state index in [1.807, 2.05) is 26.0 Å². The van der Waals surface area contributed by atoms with E-state index in [1.54, 1.807) is 6.07 Å². The van der Waals surface area contributed by atoms with Gasteiger partial charge in [0.05, 0.1) is 0 Å². The van der Waals surface area contributed by atoms with E-state index in [9.17, 15) is 9.50 Å². The van der Waals surface area contributed by atoms with Crippen LogP contribution in [0.15, 0.2) is 30.3 Å². The third kappa shape index (κ3) is 2.15. The molecule has 2 rings (SSSR count). The maximum absolute atomic E-state index is 13.1. The Morgan fingerprint density at radius 2 is 1.94 bits per heavy atom. The van der Waals surface area contributed by atoms with E-state index in [4.69, 9.17) is 0 Å². The molecule has 1 aromatic carbocycles. The van der Waals surface area contributed by atoms with Crippen molar-refractivity contribution >= 4 is 11.3 Å². The lowest BCUT2D eigenvalue weighted by Gasteiger charge is -2.12. The first-order valence-electron chi connectivity index (χ1n) is 5.08. The number of hydrogen-bond acceptors (Lipinski definition) is 2. The van der Waals surface area contributed by atoms with Crippen LogP contribution in [-0.2, 0) is 0 Å². The Balaban J connectivity index is 2.40. The van der Waals surface area contributed by atoms with Crippen molar-refractivity contribution in [2.75, 3.05) is 0 Å². The Kier molecular flexibility index (Phi) is 3.08. The molecule has 1 N–H and O–H groups in total. The predicted octanol–water partition coefficient (Wildman–Crippen LogP) is 3.59. The highest BCUT2D eigenvalue weighted by atomic mass is 32.1. The molecule has 2 aromatic rings. The Morgan fingerprint density at radius 3 is 2.56 bits per heavy atom. The fraction of sp³-hybridized carbons (Fsp3) is 0.231. The molecule has 1 nitrogen and oxygen atoms in total. The van der Waals surface area contributed by atoms with Gasteiger partial charge in [-0.3, -0.25) is 0 Å². The van der Waals surface area contributed by atoms with Crippen LogP contribution in [0, 0.1) is 19.7 Å². The van der Waals surface area contributed by atoms with Crippen LogP contribution in [0.5, 0.6) is 0 Å². The molecule has 0 spiro atoms. The fourth-order valence-corrected chi connectivity index (χ4v) is 2.54. The molecule has 0 saturated carbocycles. The van der Waals surface area contributed by atoms with Gasteiger partial charge in [-0.05, 0) is 49.2 Å². The lowest BCUT2D eigenvalue weighted by molar-refractivity contribution is 0.223. The van der Waals surface area contributed by atoms with E-state index in [0.29, 0.717) is 5.56 Å². The number of hydrogen-bond donors (Lipinski definition) is 1. The first-order chi connectivity index (χ1) is 7.58. The number of rotatable bonds is 2. The minimum Gasteiger partial charge on any atom is -0.383 e. The van der Waals surface area contributed by atoms with Crippen LogP contribution in [-0.4, -0.2) is 5.11 Å². The van der Waals surface area contributed by atoms with Gasteiger partial charge >= 0.3 is 0 Å². The van der Waals surface area contributed by atoms with Gasteiger partial charge in [0.1, 0.15) is 11.9 Å². The zero-order valence-electron chi connectivity index (χ0n) is 9.20. The number of aliphatic hydroxyl groups excluding tert-OH is 1. The molecule has 3 heteroatoms. The van der Waals surface area contributed by atoms with Crippen molar-refractivity contribution < 1.29 is 9.50 Å². The van der Waals surface area contributed by atoms with Crippen LogP contribution < -0.4 is 0 Å². The summed E-state index contributed by atoms with van der Waals surface area (Å²) in [6, 6.07) is 8.33. The summed E-state index contributed by atoms with van der Waals surface area (Å²) >= 11 is 1.53. The molecule has 0 radical (unpaired) electrons. The van der Waals surface area contributed by atoms with Crippen molar-refractivity contribution in [1.29, 1.82) is 0 Å². The summed E-state index contributed by atoms with van der Waals surface area (Å²) < 4.78 is 13.1. The molecule has 0 bridgehead atoms. The van der Waals surface area contributed by atoms with Crippen LogP contribution >= 0.6 is 11.3 Å². The van der Waals surface area contributed by atoms with Gasteiger partial charge < -0.3 is 5.11 Å². The van der Waals surface area contributed by atoms with E-state index >= 15 is 0 Å². The summed E-state index contributed by atoms with van der Waals surface area (Å²) in [7, 11) is 0. The Hall–Kier alpha value is -1.19. The van der Waals surface area contributed by atoms with Crippen molar-refractivity contribution in [1.82, 2.24) is 0 Å². The second-order valence-corrected chi connectivity index (χ2v) is 5.17. The summed E-state index contributed by atoms with van der Waals surface area (Å²) in [6.07, 6.45) is -0.727. The van der Waals surface area contributed by atoms with Crippen LogP contribution in [0.1, 0.15) is 27.0 Å². The van der Waals surface area contributed by atoms with E-state index in [-0.39, 0.29) is 5.82 Å². The highest BCUT2D eigenvalue weighted by molar-refractivity contribution is 7.12. The van der Waals surface area contributed by atoms with E-state index < -0.39 is 6.10 Å². The molecule has 0 aliphatic carbocycles. The Bertz CT molecular complexity index is 504. The first-order valence-corrected chi connectivity index (χ1v) is 5.90. The number of aliphatic hydroxyl groups is 1. The summed E-state index contributed by atoms with van der Waals surface area (Å²) in [4.78, 5) is 1.99. The van der Waals surface area contributed by atoms with Gasteiger partial charge in [-0.1, -0.05) is 6.07 Å². The summed E-state index contributed by atoms with van der Waals surface area (Å²) in [5, 5.41) is 10.2. The molecule has 1 heterocycles. The van der Waals surface area contributed by atoms with Gasteiger partial charge in [0, 0.05) is 9.75 Å². The van der Waals surface area contributed by atoms with Crippen molar-refractivity contribution in [2.45, 2.75) is 20.0 Å². The molecule has 0 amide bonds. The topological polar surface area (TPSA) is 20.2 Å². The highest BCUT2D eigenvalue weighted by Gasteiger charge is 2.15. The van der Waals surface area contributed by atoms with Gasteiger partial charge in [-0.15, -0.1) is 11.3 Å². The Morgan fingerprint density at radius 1 is 1.19 bits per heavy atom. The smallest absolute Gasteiger partial charge is 0.123 e. The number of aryl methyl sites for hydroxylation is 2. The molecule has 0 fully saturated rings. The van der Waals surface area contributed by atoms with Gasteiger partial charge in [0.15, 0.2) is 0 Å². The monoisotopic (exact) mass is 236 g/mol. The van der Waals surface area contributed by atoms with Crippen molar-refractivity contribution in [3.63, 3.8) is 0 Å². The quantitative estimate of drug-likeness (QED) is 0.845. The second-order valence-electron chi connectivity index (χ2n) is 3.85. The second kappa shape index (κ2) is 4.36. The molecule has 0 aliphatic heterocycles. The van der Waals surface area contributed by atoms with Crippen LogP contribution in [0.25, 0.3) is 0 Å². The molecule has 1 atom stereocenters. The standard InChI is InChI=1S/C13H13FOS/c1-8-3-5-10(14)7-11(8)13(15)12-6-4-9(2)16-12/h3-7,13,15H,1-2H3/t13-/m1/s1. The normalized spacial score (nSPS) is 12.8. The molecular formula is C13H13FOS. The zero-order chi connectivity index (χ0) is 11.7. The average Bonchev–Trinajstić information content (AvgIpc) is 2.67. The number of halogens is 1. The molecular weight excluding hydrogens is 223 g/mol. The molecule has 16 heavy (non-hydrogen) atoms. The van der Waals surface area contributed by atoms with Crippen molar-refractivity contribution in [3.05, 3.63) is 57.0 Å².